The summed E-state index contributed by atoms with van der Waals surface area (Å²) in [5.41, 5.74) is 0. The number of sulfonamides is 1. The van der Waals surface area contributed by atoms with E-state index in [1.807, 2.05) is 0 Å². The highest BCUT2D eigenvalue weighted by molar-refractivity contribution is 7.91. The van der Waals surface area contributed by atoms with Crippen molar-refractivity contribution in [2.75, 3.05) is 39.4 Å². The fourth-order valence-electron chi connectivity index (χ4n) is 2.84. The molecule has 9 heteroatoms. The molecule has 1 N–H and O–H groups in total. The highest BCUT2D eigenvalue weighted by Crippen LogP contribution is 2.19. The maximum Gasteiger partial charge on any atom is 0.320 e. The normalized spacial score (nSPS) is 20.7. The van der Waals surface area contributed by atoms with E-state index in [4.69, 9.17) is 4.74 Å². The Labute approximate surface area is 140 Å². The summed E-state index contributed by atoms with van der Waals surface area (Å²) in [5.74, 6) is 0. The predicted octanol–water partition coefficient (Wildman–Crippen LogP) is 0.943. The monoisotopic (exact) mass is 359 g/mol. The third-order valence-corrected chi connectivity index (χ3v) is 7.05. The fourth-order valence-corrected chi connectivity index (χ4v) is 5.15. The van der Waals surface area contributed by atoms with Gasteiger partial charge in [-0.05, 0) is 24.3 Å². The number of piperidine rings is 1. The minimum Gasteiger partial charge on any atom is -0.378 e. The first-order chi connectivity index (χ1) is 11.1. The van der Waals surface area contributed by atoms with Crippen LogP contribution in [0.25, 0.3) is 0 Å². The van der Waals surface area contributed by atoms with Crippen molar-refractivity contribution in [2.24, 2.45) is 0 Å². The Kier molecular flexibility index (Phi) is 5.20. The third kappa shape index (κ3) is 4.03. The van der Waals surface area contributed by atoms with Gasteiger partial charge >= 0.3 is 6.03 Å². The Hall–Kier alpha value is -1.16. The molecule has 2 aliphatic rings. The molecular weight excluding hydrogens is 338 g/mol. The number of thiophene rings is 1. The number of morpholine rings is 1. The average molecular weight is 359 g/mol. The van der Waals surface area contributed by atoms with Gasteiger partial charge in [0.05, 0.1) is 13.2 Å². The zero-order valence-corrected chi connectivity index (χ0v) is 14.4. The minimum absolute atomic E-state index is 0.0351. The zero-order chi connectivity index (χ0) is 16.3. The lowest BCUT2D eigenvalue weighted by Crippen LogP contribution is -2.52. The summed E-state index contributed by atoms with van der Waals surface area (Å²) < 4.78 is 32.8. The number of likely N-dealkylation sites (tertiary alicyclic amines) is 1. The number of hydrogen-bond acceptors (Lipinski definition) is 5. The van der Waals surface area contributed by atoms with Crippen molar-refractivity contribution in [1.29, 1.82) is 0 Å². The first kappa shape index (κ1) is 16.7. The van der Waals surface area contributed by atoms with E-state index in [1.165, 1.54) is 11.3 Å². The van der Waals surface area contributed by atoms with Crippen LogP contribution in [0.3, 0.4) is 0 Å². The van der Waals surface area contributed by atoms with Gasteiger partial charge in [-0.1, -0.05) is 6.07 Å². The number of hydrogen-bond donors (Lipinski definition) is 1. The van der Waals surface area contributed by atoms with Gasteiger partial charge in [0.2, 0.25) is 10.0 Å². The summed E-state index contributed by atoms with van der Waals surface area (Å²) in [6.07, 6.45) is 1.28. The summed E-state index contributed by atoms with van der Waals surface area (Å²) in [5, 5.41) is 1.75. The molecule has 2 aliphatic heterocycles. The van der Waals surface area contributed by atoms with Crippen molar-refractivity contribution < 1.29 is 17.9 Å². The van der Waals surface area contributed by atoms with Gasteiger partial charge in [-0.3, -0.25) is 0 Å². The standard InChI is InChI=1S/C14H21N3O4S2/c18-14(17-7-9-21-10-8-17)16-5-3-12(4-6-16)15-23(19,20)13-2-1-11-22-13/h1-2,11-12,15H,3-10H2. The number of ether oxygens (including phenoxy) is 1. The largest absolute Gasteiger partial charge is 0.378 e. The van der Waals surface area contributed by atoms with Crippen LogP contribution >= 0.6 is 11.3 Å². The lowest BCUT2D eigenvalue weighted by atomic mass is 10.1. The Balaban J connectivity index is 1.51. The molecule has 0 saturated carbocycles. The predicted molar refractivity (Wildman–Crippen MR) is 87.0 cm³/mol. The van der Waals surface area contributed by atoms with Crippen molar-refractivity contribution in [3.63, 3.8) is 0 Å². The summed E-state index contributed by atoms with van der Waals surface area (Å²) in [4.78, 5) is 16.0. The van der Waals surface area contributed by atoms with Gasteiger partial charge in [0.1, 0.15) is 4.21 Å². The first-order valence-electron chi connectivity index (χ1n) is 7.74. The molecule has 2 amide bonds. The molecule has 3 heterocycles. The number of nitrogens with zero attached hydrogens (tertiary/aromatic N) is 2. The average Bonchev–Trinajstić information content (AvgIpc) is 3.11. The summed E-state index contributed by atoms with van der Waals surface area (Å²) in [7, 11) is -3.44. The highest BCUT2D eigenvalue weighted by Gasteiger charge is 2.29. The Bertz CT molecular complexity index is 618. The van der Waals surface area contributed by atoms with Crippen LogP contribution in [0.5, 0.6) is 0 Å². The molecule has 128 valence electrons. The molecule has 0 radical (unpaired) electrons. The molecule has 0 atom stereocenters. The van der Waals surface area contributed by atoms with Gasteiger partial charge in [-0.25, -0.2) is 17.9 Å². The van der Waals surface area contributed by atoms with Crippen molar-refractivity contribution >= 4 is 27.4 Å². The Morgan fingerprint density at radius 3 is 2.43 bits per heavy atom. The minimum atomic E-state index is -3.44. The van der Waals surface area contributed by atoms with E-state index in [9.17, 15) is 13.2 Å². The van der Waals surface area contributed by atoms with Gasteiger partial charge in [0, 0.05) is 32.2 Å². The van der Waals surface area contributed by atoms with Crippen LogP contribution in [0, 0.1) is 0 Å². The number of amides is 2. The SMILES string of the molecule is O=C(N1CCOCC1)N1CCC(NS(=O)(=O)c2cccs2)CC1. The smallest absolute Gasteiger partial charge is 0.320 e. The Morgan fingerprint density at radius 2 is 1.83 bits per heavy atom. The topological polar surface area (TPSA) is 79.0 Å². The van der Waals surface area contributed by atoms with Crippen LogP contribution in [0.1, 0.15) is 12.8 Å². The van der Waals surface area contributed by atoms with E-state index in [0.717, 1.165) is 0 Å². The molecular formula is C14H21N3O4S2. The van der Waals surface area contributed by atoms with Crippen LogP contribution in [-0.4, -0.2) is 69.7 Å². The molecule has 1 aromatic heterocycles. The second kappa shape index (κ2) is 7.16. The number of nitrogens with one attached hydrogen (secondary N) is 1. The van der Waals surface area contributed by atoms with Gasteiger partial charge in [-0.15, -0.1) is 11.3 Å². The van der Waals surface area contributed by atoms with Crippen LogP contribution in [0.15, 0.2) is 21.7 Å². The second-order valence-electron chi connectivity index (χ2n) is 5.70. The van der Waals surface area contributed by atoms with E-state index in [-0.39, 0.29) is 12.1 Å². The van der Waals surface area contributed by atoms with E-state index < -0.39 is 10.0 Å². The van der Waals surface area contributed by atoms with Gasteiger partial charge < -0.3 is 14.5 Å². The van der Waals surface area contributed by atoms with Gasteiger partial charge in [0.15, 0.2) is 0 Å². The zero-order valence-electron chi connectivity index (χ0n) is 12.8. The Morgan fingerprint density at radius 1 is 1.17 bits per heavy atom. The van der Waals surface area contributed by atoms with E-state index in [1.54, 1.807) is 27.3 Å². The van der Waals surface area contributed by atoms with E-state index in [0.29, 0.717) is 56.4 Å². The summed E-state index contributed by atoms with van der Waals surface area (Å²) in [6.45, 7) is 3.58. The van der Waals surface area contributed by atoms with E-state index in [2.05, 4.69) is 4.72 Å². The maximum atomic E-state index is 12.4. The quantitative estimate of drug-likeness (QED) is 0.871. The van der Waals surface area contributed by atoms with Crippen molar-refractivity contribution in [3.8, 4) is 0 Å². The van der Waals surface area contributed by atoms with Crippen LogP contribution in [0.4, 0.5) is 4.79 Å². The summed E-state index contributed by atoms with van der Waals surface area (Å²) in [6, 6.07) is 3.25. The van der Waals surface area contributed by atoms with Crippen LogP contribution in [0.2, 0.25) is 0 Å². The van der Waals surface area contributed by atoms with Crippen molar-refractivity contribution in [2.45, 2.75) is 23.1 Å². The molecule has 1 aromatic rings. The maximum absolute atomic E-state index is 12.4. The van der Waals surface area contributed by atoms with Gasteiger partial charge in [0.25, 0.3) is 0 Å². The number of carbonyl (C=O) groups is 1. The molecule has 0 unspecified atom stereocenters. The van der Waals surface area contributed by atoms with Crippen LogP contribution < -0.4 is 4.72 Å². The van der Waals surface area contributed by atoms with Gasteiger partial charge in [-0.2, -0.15) is 0 Å². The molecule has 0 aromatic carbocycles. The number of carbonyl (C=O) groups excluding carboxylic acids is 1. The molecule has 2 saturated heterocycles. The third-order valence-electron chi connectivity index (χ3n) is 4.13. The van der Waals surface area contributed by atoms with E-state index >= 15 is 0 Å². The molecule has 7 nitrogen and oxygen atoms in total. The molecule has 2 fully saturated rings. The molecule has 3 rings (SSSR count). The second-order valence-corrected chi connectivity index (χ2v) is 8.59. The molecule has 23 heavy (non-hydrogen) atoms. The fraction of sp³-hybridized carbons (Fsp3) is 0.643. The molecule has 0 spiro atoms. The van der Waals surface area contributed by atoms with Crippen LogP contribution in [-0.2, 0) is 14.8 Å². The summed E-state index contributed by atoms with van der Waals surface area (Å²) >= 11 is 1.21. The lowest BCUT2D eigenvalue weighted by Gasteiger charge is -2.37. The lowest BCUT2D eigenvalue weighted by molar-refractivity contribution is 0.0410. The van der Waals surface area contributed by atoms with Crippen molar-refractivity contribution in [1.82, 2.24) is 14.5 Å². The molecule has 0 aliphatic carbocycles. The highest BCUT2D eigenvalue weighted by atomic mass is 32.2. The first-order valence-corrected chi connectivity index (χ1v) is 10.1. The number of urea groups is 1. The van der Waals surface area contributed by atoms with Crippen molar-refractivity contribution in [3.05, 3.63) is 17.5 Å². The molecule has 0 bridgehead atoms. The number of rotatable bonds is 3.